The standard InChI is InChI=1S/C25H19BrIN3O5/c1-33-20-9-5-6-15(24(20)34-14-22(31)29-18-7-3-2-4-8-18)13-28-30-25(32)21-11-16-10-17(26)12-19(27)23(16)35-21/h2-13H,14H2,1H3,(H,29,31)(H,30,32)/b28-13-. The number of hydrazone groups is 1. The molecule has 0 spiro atoms. The zero-order valence-corrected chi connectivity index (χ0v) is 22.1. The van der Waals surface area contributed by atoms with Gasteiger partial charge in [-0.05, 0) is 65.1 Å². The molecule has 0 aliphatic rings. The maximum Gasteiger partial charge on any atom is 0.307 e. The first-order valence-electron chi connectivity index (χ1n) is 10.3. The number of anilines is 1. The van der Waals surface area contributed by atoms with Crippen LogP contribution >= 0.6 is 38.5 Å². The van der Waals surface area contributed by atoms with Crippen molar-refractivity contribution in [2.45, 2.75) is 0 Å². The van der Waals surface area contributed by atoms with Crippen LogP contribution in [0.25, 0.3) is 11.0 Å². The smallest absolute Gasteiger partial charge is 0.307 e. The Balaban J connectivity index is 1.45. The summed E-state index contributed by atoms with van der Waals surface area (Å²) in [6, 6.07) is 19.7. The van der Waals surface area contributed by atoms with Crippen LogP contribution in [0.15, 0.2) is 80.7 Å². The lowest BCUT2D eigenvalue weighted by atomic mass is 10.2. The summed E-state index contributed by atoms with van der Waals surface area (Å²) < 4.78 is 18.6. The number of amides is 2. The van der Waals surface area contributed by atoms with Crippen LogP contribution in [-0.2, 0) is 4.79 Å². The third kappa shape index (κ3) is 6.20. The van der Waals surface area contributed by atoms with Crippen molar-refractivity contribution in [2.75, 3.05) is 19.0 Å². The summed E-state index contributed by atoms with van der Waals surface area (Å²) in [7, 11) is 1.50. The molecule has 2 amide bonds. The fourth-order valence-corrected chi connectivity index (χ4v) is 4.87. The van der Waals surface area contributed by atoms with Gasteiger partial charge >= 0.3 is 5.91 Å². The van der Waals surface area contributed by atoms with Gasteiger partial charge in [-0.3, -0.25) is 9.59 Å². The first kappa shape index (κ1) is 24.7. The van der Waals surface area contributed by atoms with Crippen LogP contribution in [0.3, 0.4) is 0 Å². The number of hydrogen-bond donors (Lipinski definition) is 2. The SMILES string of the molecule is COc1cccc(/C=N\NC(=O)c2cc3cc(Br)cc(I)c3o2)c1OCC(=O)Nc1ccccc1. The number of furan rings is 1. The largest absolute Gasteiger partial charge is 0.493 e. The van der Waals surface area contributed by atoms with Gasteiger partial charge in [-0.1, -0.05) is 40.2 Å². The van der Waals surface area contributed by atoms with Crippen LogP contribution < -0.4 is 20.2 Å². The number of ether oxygens (including phenoxy) is 2. The number of nitrogens with zero attached hydrogens (tertiary/aromatic N) is 1. The number of carbonyl (C=O) groups excluding carboxylic acids is 2. The zero-order chi connectivity index (χ0) is 24.8. The Morgan fingerprint density at radius 3 is 2.69 bits per heavy atom. The van der Waals surface area contributed by atoms with Crippen molar-refractivity contribution >= 4 is 73.2 Å². The Morgan fingerprint density at radius 1 is 1.11 bits per heavy atom. The third-order valence-corrected chi connectivity index (χ3v) is 6.02. The monoisotopic (exact) mass is 647 g/mol. The van der Waals surface area contributed by atoms with Crippen LogP contribution in [-0.4, -0.2) is 31.7 Å². The van der Waals surface area contributed by atoms with Crippen molar-refractivity contribution in [1.82, 2.24) is 5.43 Å². The van der Waals surface area contributed by atoms with Crippen LogP contribution in [0.4, 0.5) is 5.69 Å². The third-order valence-electron chi connectivity index (χ3n) is 4.76. The Hall–Kier alpha value is -3.38. The fourth-order valence-electron chi connectivity index (χ4n) is 3.21. The highest BCUT2D eigenvalue weighted by atomic mass is 127. The number of nitrogens with one attached hydrogen (secondary N) is 2. The molecule has 0 aliphatic heterocycles. The first-order chi connectivity index (χ1) is 16.9. The molecule has 1 heterocycles. The summed E-state index contributed by atoms with van der Waals surface area (Å²) in [4.78, 5) is 24.9. The van der Waals surface area contributed by atoms with Gasteiger partial charge in [-0.15, -0.1) is 0 Å². The number of para-hydroxylation sites is 2. The molecule has 0 unspecified atom stereocenters. The zero-order valence-electron chi connectivity index (χ0n) is 18.4. The molecule has 0 fully saturated rings. The maximum absolute atomic E-state index is 12.6. The highest BCUT2D eigenvalue weighted by molar-refractivity contribution is 14.1. The second-order valence-corrected chi connectivity index (χ2v) is 9.28. The summed E-state index contributed by atoms with van der Waals surface area (Å²) in [6.45, 7) is -0.240. The lowest BCUT2D eigenvalue weighted by Gasteiger charge is -2.13. The van der Waals surface area contributed by atoms with E-state index >= 15 is 0 Å². The number of halogens is 2. The van der Waals surface area contributed by atoms with E-state index in [-0.39, 0.29) is 18.3 Å². The molecule has 8 nitrogen and oxygen atoms in total. The van der Waals surface area contributed by atoms with Crippen LogP contribution in [0.1, 0.15) is 16.1 Å². The van der Waals surface area contributed by atoms with Crippen LogP contribution in [0, 0.1) is 3.57 Å². The molecule has 1 aromatic heterocycles. The Kier molecular flexibility index (Phi) is 8.03. The van der Waals surface area contributed by atoms with Gasteiger partial charge in [0.05, 0.1) is 16.9 Å². The van der Waals surface area contributed by atoms with Crippen molar-refractivity contribution in [1.29, 1.82) is 0 Å². The average Bonchev–Trinajstić information content (AvgIpc) is 3.28. The maximum atomic E-state index is 12.6. The summed E-state index contributed by atoms with van der Waals surface area (Å²) in [6.07, 6.45) is 1.41. The molecule has 10 heteroatoms. The Morgan fingerprint density at radius 2 is 1.91 bits per heavy atom. The van der Waals surface area contributed by atoms with E-state index in [2.05, 4.69) is 54.4 Å². The fraction of sp³-hybridized carbons (Fsp3) is 0.0800. The second-order valence-electron chi connectivity index (χ2n) is 7.20. The predicted octanol–water partition coefficient (Wildman–Crippen LogP) is 5.59. The van der Waals surface area contributed by atoms with Crippen molar-refractivity contribution < 1.29 is 23.5 Å². The van der Waals surface area contributed by atoms with Crippen LogP contribution in [0.2, 0.25) is 0 Å². The number of carbonyl (C=O) groups is 2. The number of rotatable bonds is 8. The number of hydrogen-bond acceptors (Lipinski definition) is 6. The van der Waals surface area contributed by atoms with E-state index in [0.29, 0.717) is 28.3 Å². The van der Waals surface area contributed by atoms with Gasteiger partial charge in [0.25, 0.3) is 5.91 Å². The second kappa shape index (κ2) is 11.4. The molecular formula is C25H19BrIN3O5. The minimum absolute atomic E-state index is 0.132. The van der Waals surface area contributed by atoms with Gasteiger partial charge in [-0.2, -0.15) is 5.10 Å². The topological polar surface area (TPSA) is 102 Å². The minimum Gasteiger partial charge on any atom is -0.493 e. The highest BCUT2D eigenvalue weighted by Crippen LogP contribution is 2.30. The summed E-state index contributed by atoms with van der Waals surface area (Å²) in [5.41, 5.74) is 4.26. The molecule has 35 heavy (non-hydrogen) atoms. The van der Waals surface area contributed by atoms with Gasteiger partial charge in [0.1, 0.15) is 5.58 Å². The molecule has 4 aromatic rings. The molecule has 0 saturated heterocycles. The minimum atomic E-state index is -0.503. The molecule has 3 aromatic carbocycles. The molecule has 0 bridgehead atoms. The van der Waals surface area contributed by atoms with Crippen molar-refractivity contribution in [3.8, 4) is 11.5 Å². The highest BCUT2D eigenvalue weighted by Gasteiger charge is 2.15. The molecule has 178 valence electrons. The number of fused-ring (bicyclic) bond motifs is 1. The first-order valence-corrected chi connectivity index (χ1v) is 12.2. The summed E-state index contributed by atoms with van der Waals surface area (Å²) in [5.74, 6) is 0.0406. The van der Waals surface area contributed by atoms with Gasteiger partial charge in [0.2, 0.25) is 0 Å². The van der Waals surface area contributed by atoms with Crippen LogP contribution in [0.5, 0.6) is 11.5 Å². The van der Waals surface area contributed by atoms with E-state index in [0.717, 1.165) is 13.4 Å². The van der Waals surface area contributed by atoms with E-state index in [9.17, 15) is 9.59 Å². The summed E-state index contributed by atoms with van der Waals surface area (Å²) in [5, 5.41) is 7.58. The molecule has 0 aliphatic carbocycles. The average molecular weight is 648 g/mol. The van der Waals surface area contributed by atoms with Crippen molar-refractivity contribution in [3.05, 3.63) is 86.1 Å². The van der Waals surface area contributed by atoms with E-state index in [1.165, 1.54) is 13.3 Å². The van der Waals surface area contributed by atoms with Gasteiger partial charge in [0, 0.05) is 21.1 Å². The predicted molar refractivity (Wildman–Crippen MR) is 145 cm³/mol. The van der Waals surface area contributed by atoms with Crippen molar-refractivity contribution in [2.24, 2.45) is 5.10 Å². The van der Waals surface area contributed by atoms with E-state index in [1.807, 2.05) is 30.3 Å². The molecule has 0 saturated carbocycles. The molecular weight excluding hydrogens is 629 g/mol. The number of methoxy groups -OCH3 is 1. The quantitative estimate of drug-likeness (QED) is 0.148. The summed E-state index contributed by atoms with van der Waals surface area (Å²) >= 11 is 5.58. The van der Waals surface area contributed by atoms with Gasteiger partial charge < -0.3 is 19.2 Å². The van der Waals surface area contributed by atoms with E-state index in [4.69, 9.17) is 13.9 Å². The Labute approximate surface area is 222 Å². The number of benzene rings is 3. The lowest BCUT2D eigenvalue weighted by molar-refractivity contribution is -0.118. The molecule has 2 N–H and O–H groups in total. The lowest BCUT2D eigenvalue weighted by Crippen LogP contribution is -2.21. The van der Waals surface area contributed by atoms with E-state index < -0.39 is 5.91 Å². The normalized spacial score (nSPS) is 10.9. The van der Waals surface area contributed by atoms with Crippen molar-refractivity contribution in [3.63, 3.8) is 0 Å². The van der Waals surface area contributed by atoms with Gasteiger partial charge in [-0.25, -0.2) is 5.43 Å². The van der Waals surface area contributed by atoms with E-state index in [1.54, 1.807) is 36.4 Å². The Bertz CT molecular complexity index is 1410. The molecule has 0 atom stereocenters. The molecule has 0 radical (unpaired) electrons. The molecule has 4 rings (SSSR count). The van der Waals surface area contributed by atoms with Gasteiger partial charge in [0.15, 0.2) is 23.9 Å².